The van der Waals surface area contributed by atoms with E-state index in [1.807, 2.05) is 0 Å². The topological polar surface area (TPSA) is 9.72 Å². The summed E-state index contributed by atoms with van der Waals surface area (Å²) < 4.78 is 0. The fraction of sp³-hybridized carbons (Fsp3) is 0.221. The molecule has 10 aromatic rings. The highest BCUT2D eigenvalue weighted by atomic mass is 15.3. The fourth-order valence-electron chi connectivity index (χ4n) is 14.8. The lowest BCUT2D eigenvalue weighted by Crippen LogP contribution is -2.61. The number of anilines is 8. The zero-order valence-electron chi connectivity index (χ0n) is 48.8. The Kier molecular flexibility index (Phi) is 11.5. The fourth-order valence-corrected chi connectivity index (χ4v) is 14.8. The molecule has 0 fully saturated rings. The first kappa shape index (κ1) is 50.9. The molecule has 0 spiro atoms. The first-order valence-electron chi connectivity index (χ1n) is 29.4. The molecule has 0 bridgehead atoms. The average molecular weight is 1050 g/mol. The molecule has 0 saturated carbocycles. The molecule has 0 N–H and O–H groups in total. The summed E-state index contributed by atoms with van der Waals surface area (Å²) in [6.45, 7) is 23.6. The van der Waals surface area contributed by atoms with Crippen LogP contribution in [0.5, 0.6) is 0 Å². The van der Waals surface area contributed by atoms with Crippen LogP contribution in [0.1, 0.15) is 115 Å². The number of benzene rings is 10. The van der Waals surface area contributed by atoms with Crippen molar-refractivity contribution in [3.05, 3.63) is 269 Å². The van der Waals surface area contributed by atoms with E-state index in [1.165, 1.54) is 106 Å². The van der Waals surface area contributed by atoms with Crippen LogP contribution in [-0.2, 0) is 33.6 Å². The van der Waals surface area contributed by atoms with Crippen molar-refractivity contribution >= 4 is 68.6 Å². The second kappa shape index (κ2) is 18.3. The standard InChI is InChI=1S/C77H72BN3/c1-73(2,3)55-38-41-65(59(46-55)51-26-14-11-15-27-51)79-68-36-24-22-34-63(68)78-64-35-23-25-37-69(64)80(66-42-39-56(74(4,5)6)47-60(66)52-28-16-12-17-29-52)71-50-58(49-70(79)72(71)78)81-67-43-40-57(75(7,8)9)48-62(67)77(54-31-18-13-19-32-54)45-44-53-30-20-21-33-61(53)76(77,81)10/h11-43,46-50H,44-45H2,1-10H3. The lowest BCUT2D eigenvalue weighted by molar-refractivity contribution is 0.270. The van der Waals surface area contributed by atoms with Crippen LogP contribution in [0.3, 0.4) is 0 Å². The lowest BCUT2D eigenvalue weighted by atomic mass is 9.33. The third-order valence-electron chi connectivity index (χ3n) is 18.9. The Morgan fingerprint density at radius 3 is 1.32 bits per heavy atom. The lowest BCUT2D eigenvalue weighted by Gasteiger charge is -2.53. The molecule has 3 aliphatic heterocycles. The Labute approximate surface area is 481 Å². The van der Waals surface area contributed by atoms with Gasteiger partial charge >= 0.3 is 0 Å². The van der Waals surface area contributed by atoms with Gasteiger partial charge in [-0.2, -0.15) is 0 Å². The van der Waals surface area contributed by atoms with E-state index in [4.69, 9.17) is 0 Å². The summed E-state index contributed by atoms with van der Waals surface area (Å²) in [5.74, 6) is 0. The number of hydrogen-bond donors (Lipinski definition) is 0. The highest BCUT2D eigenvalue weighted by molar-refractivity contribution is 7.00. The van der Waals surface area contributed by atoms with Crippen molar-refractivity contribution in [1.82, 2.24) is 0 Å². The Morgan fingerprint density at radius 2 is 0.815 bits per heavy atom. The van der Waals surface area contributed by atoms with Crippen LogP contribution in [0.25, 0.3) is 22.3 Å². The first-order chi connectivity index (χ1) is 39.0. The smallest absolute Gasteiger partial charge is 0.252 e. The zero-order valence-corrected chi connectivity index (χ0v) is 48.8. The van der Waals surface area contributed by atoms with Crippen LogP contribution in [0.2, 0.25) is 0 Å². The minimum Gasteiger partial charge on any atom is -0.330 e. The van der Waals surface area contributed by atoms with Gasteiger partial charge in [-0.05, 0) is 157 Å². The van der Waals surface area contributed by atoms with Gasteiger partial charge in [-0.1, -0.05) is 238 Å². The summed E-state index contributed by atoms with van der Waals surface area (Å²) >= 11 is 0. The van der Waals surface area contributed by atoms with Gasteiger partial charge in [0.15, 0.2) is 0 Å². The van der Waals surface area contributed by atoms with E-state index in [-0.39, 0.29) is 23.0 Å². The largest absolute Gasteiger partial charge is 0.330 e. The van der Waals surface area contributed by atoms with Crippen LogP contribution in [-0.4, -0.2) is 6.71 Å². The molecule has 1 aliphatic carbocycles. The maximum Gasteiger partial charge on any atom is 0.252 e. The minimum absolute atomic E-state index is 0.0541. The second-order valence-electron chi connectivity index (χ2n) is 26.6. The maximum absolute atomic E-state index is 2.81. The molecule has 10 aromatic carbocycles. The van der Waals surface area contributed by atoms with Crippen molar-refractivity contribution in [1.29, 1.82) is 0 Å². The van der Waals surface area contributed by atoms with Gasteiger partial charge in [0.2, 0.25) is 0 Å². The molecular formula is C77H72BN3. The summed E-state index contributed by atoms with van der Waals surface area (Å²) in [5.41, 5.74) is 26.6. The molecular weight excluding hydrogens is 978 g/mol. The Morgan fingerprint density at radius 1 is 0.383 bits per heavy atom. The predicted octanol–water partition coefficient (Wildman–Crippen LogP) is 18.3. The van der Waals surface area contributed by atoms with Crippen molar-refractivity contribution in [3.8, 4) is 22.3 Å². The molecule has 0 amide bonds. The molecule has 3 heterocycles. The van der Waals surface area contributed by atoms with Gasteiger partial charge < -0.3 is 14.7 Å². The maximum atomic E-state index is 2.81. The monoisotopic (exact) mass is 1050 g/mol. The summed E-state index contributed by atoms with van der Waals surface area (Å²) in [5, 5.41) is 0. The summed E-state index contributed by atoms with van der Waals surface area (Å²) in [6.07, 6.45) is 1.96. The molecule has 2 unspecified atom stereocenters. The molecule has 3 nitrogen and oxygen atoms in total. The van der Waals surface area contributed by atoms with E-state index in [0.29, 0.717) is 0 Å². The third-order valence-corrected chi connectivity index (χ3v) is 18.9. The highest BCUT2D eigenvalue weighted by Crippen LogP contribution is 2.67. The van der Waals surface area contributed by atoms with Crippen molar-refractivity contribution in [3.63, 3.8) is 0 Å². The van der Waals surface area contributed by atoms with E-state index in [0.717, 1.165) is 29.9 Å². The van der Waals surface area contributed by atoms with Crippen molar-refractivity contribution in [2.24, 2.45) is 0 Å². The van der Waals surface area contributed by atoms with Gasteiger partial charge in [-0.15, -0.1) is 0 Å². The van der Waals surface area contributed by atoms with Crippen LogP contribution >= 0.6 is 0 Å². The third kappa shape index (κ3) is 7.69. The summed E-state index contributed by atoms with van der Waals surface area (Å²) in [4.78, 5) is 8.11. The predicted molar refractivity (Wildman–Crippen MR) is 345 cm³/mol. The molecule has 0 aromatic heterocycles. The molecule has 14 rings (SSSR count). The number of aryl methyl sites for hydroxylation is 1. The van der Waals surface area contributed by atoms with Crippen LogP contribution in [0.4, 0.5) is 45.5 Å². The first-order valence-corrected chi connectivity index (χ1v) is 29.4. The van der Waals surface area contributed by atoms with Gasteiger partial charge in [0.1, 0.15) is 0 Å². The van der Waals surface area contributed by atoms with Gasteiger partial charge in [0, 0.05) is 45.3 Å². The Bertz CT molecular complexity index is 3930. The van der Waals surface area contributed by atoms with Crippen LogP contribution < -0.4 is 31.1 Å². The molecule has 2 atom stereocenters. The number of rotatable bonds is 6. The molecule has 81 heavy (non-hydrogen) atoms. The quantitative estimate of drug-likeness (QED) is 0.154. The van der Waals surface area contributed by atoms with E-state index in [1.54, 1.807) is 0 Å². The van der Waals surface area contributed by atoms with Crippen molar-refractivity contribution in [2.45, 2.75) is 109 Å². The number of hydrogen-bond acceptors (Lipinski definition) is 3. The number of nitrogens with zero attached hydrogens (tertiary/aromatic N) is 3. The van der Waals surface area contributed by atoms with Gasteiger partial charge in [-0.25, -0.2) is 0 Å². The molecule has 4 aliphatic rings. The second-order valence-corrected chi connectivity index (χ2v) is 26.6. The van der Waals surface area contributed by atoms with E-state index < -0.39 is 11.0 Å². The molecule has 398 valence electrons. The van der Waals surface area contributed by atoms with E-state index in [2.05, 4.69) is 314 Å². The molecule has 4 heteroatoms. The van der Waals surface area contributed by atoms with Crippen molar-refractivity contribution < 1.29 is 0 Å². The van der Waals surface area contributed by atoms with E-state index in [9.17, 15) is 0 Å². The number of para-hydroxylation sites is 2. The normalized spacial score (nSPS) is 17.9. The van der Waals surface area contributed by atoms with Gasteiger partial charge in [-0.3, -0.25) is 0 Å². The molecule has 0 saturated heterocycles. The Hall–Kier alpha value is -8.34. The highest BCUT2D eigenvalue weighted by Gasteiger charge is 2.63. The van der Waals surface area contributed by atoms with Gasteiger partial charge in [0.05, 0.1) is 22.3 Å². The average Bonchev–Trinajstić information content (AvgIpc) is 1.93. The zero-order chi connectivity index (χ0) is 55.8. The van der Waals surface area contributed by atoms with Crippen LogP contribution in [0, 0.1) is 0 Å². The summed E-state index contributed by atoms with van der Waals surface area (Å²) in [7, 11) is 0. The van der Waals surface area contributed by atoms with Gasteiger partial charge in [0.25, 0.3) is 6.71 Å². The van der Waals surface area contributed by atoms with E-state index >= 15 is 0 Å². The SMILES string of the molecule is CC(C)(C)c1ccc(N2c3ccccc3B3c4ccccc4N(c4ccc(C(C)(C)C)cc4-c4ccccc4)c4cc(N5c6ccc(C(C)(C)C)cc6C6(c7ccccc7)CCc7ccccc7C56C)cc2c43)c(-c2ccccc2)c1. The number of fused-ring (bicyclic) bond motifs is 9. The van der Waals surface area contributed by atoms with Crippen LogP contribution in [0.15, 0.2) is 231 Å². The Balaban J connectivity index is 1.15. The molecule has 0 radical (unpaired) electrons. The minimum atomic E-state index is -0.565. The van der Waals surface area contributed by atoms with Crippen molar-refractivity contribution in [2.75, 3.05) is 14.7 Å². The summed E-state index contributed by atoms with van der Waals surface area (Å²) in [6, 6.07) is 88.9.